The molecule has 21 heavy (non-hydrogen) atoms. The van der Waals surface area contributed by atoms with Crippen molar-refractivity contribution in [3.05, 3.63) is 44.4 Å². The molecule has 0 radical (unpaired) electrons. The van der Waals surface area contributed by atoms with E-state index in [1.165, 1.54) is 11.3 Å². The van der Waals surface area contributed by atoms with Gasteiger partial charge in [0.2, 0.25) is 0 Å². The largest absolute Gasteiger partial charge is 0.396 e. The van der Waals surface area contributed by atoms with Gasteiger partial charge < -0.3 is 11.1 Å². The molecule has 1 aromatic carbocycles. The number of nitrogens with zero attached hydrogens (tertiary/aromatic N) is 2. The fourth-order valence-corrected chi connectivity index (χ4v) is 3.91. The summed E-state index contributed by atoms with van der Waals surface area (Å²) in [7, 11) is 0. The predicted octanol–water partition coefficient (Wildman–Crippen LogP) is 4.05. The molecule has 0 aliphatic heterocycles. The number of nitrogen functional groups attached to an aromatic ring is 1. The average Bonchev–Trinajstić information content (AvgIpc) is 2.81. The molecule has 0 bridgehead atoms. The van der Waals surface area contributed by atoms with Crippen molar-refractivity contribution < 1.29 is 4.79 Å². The van der Waals surface area contributed by atoms with E-state index in [0.717, 1.165) is 8.95 Å². The Kier molecular flexibility index (Phi) is 3.92. The number of carbonyl (C=O) groups is 1. The lowest BCUT2D eigenvalue weighted by Gasteiger charge is -2.08. The molecule has 0 saturated heterocycles. The maximum absolute atomic E-state index is 12.4. The lowest BCUT2D eigenvalue weighted by molar-refractivity contribution is 0.103. The lowest BCUT2D eigenvalue weighted by atomic mass is 10.3. The van der Waals surface area contributed by atoms with Crippen molar-refractivity contribution in [3.63, 3.8) is 0 Å². The van der Waals surface area contributed by atoms with Crippen molar-refractivity contribution in [1.82, 2.24) is 9.97 Å². The molecule has 2 heterocycles. The van der Waals surface area contributed by atoms with E-state index >= 15 is 0 Å². The van der Waals surface area contributed by atoms with E-state index < -0.39 is 0 Å². The second kappa shape index (κ2) is 5.70. The van der Waals surface area contributed by atoms with Gasteiger partial charge in [-0.15, -0.1) is 11.3 Å². The smallest absolute Gasteiger partial charge is 0.268 e. The maximum Gasteiger partial charge on any atom is 0.268 e. The number of fused-ring (bicyclic) bond motifs is 1. The Morgan fingerprint density at radius 1 is 1.19 bits per heavy atom. The van der Waals surface area contributed by atoms with Gasteiger partial charge in [-0.3, -0.25) is 4.79 Å². The molecular formula is C13H8Br2N4OS. The zero-order valence-corrected chi connectivity index (χ0v) is 14.4. The number of amides is 1. The number of halogens is 2. The van der Waals surface area contributed by atoms with Crippen LogP contribution in [0.3, 0.4) is 0 Å². The molecule has 5 nitrogen and oxygen atoms in total. The molecule has 0 aliphatic carbocycles. The van der Waals surface area contributed by atoms with E-state index in [1.54, 1.807) is 12.4 Å². The highest BCUT2D eigenvalue weighted by atomic mass is 79.9. The van der Waals surface area contributed by atoms with E-state index in [4.69, 9.17) is 5.73 Å². The Morgan fingerprint density at radius 2 is 1.86 bits per heavy atom. The van der Waals surface area contributed by atoms with Gasteiger partial charge in [-0.25, -0.2) is 9.97 Å². The molecule has 3 rings (SSSR count). The molecule has 0 saturated carbocycles. The zero-order valence-electron chi connectivity index (χ0n) is 10.4. The first-order valence-electron chi connectivity index (χ1n) is 5.82. The highest BCUT2D eigenvalue weighted by Gasteiger charge is 2.19. The van der Waals surface area contributed by atoms with Gasteiger partial charge in [0.1, 0.15) is 15.2 Å². The first-order valence-corrected chi connectivity index (χ1v) is 8.22. The Bertz CT molecular complexity index is 829. The number of para-hydroxylation sites is 1. The van der Waals surface area contributed by atoms with Crippen LogP contribution in [0.25, 0.3) is 10.3 Å². The molecule has 2 aromatic heterocycles. The summed E-state index contributed by atoms with van der Waals surface area (Å²) < 4.78 is 1.56. The number of aromatic nitrogens is 2. The maximum atomic E-state index is 12.4. The molecule has 0 unspecified atom stereocenters. The zero-order chi connectivity index (χ0) is 15.0. The van der Waals surface area contributed by atoms with Gasteiger partial charge in [0, 0.05) is 21.3 Å². The molecule has 0 aliphatic rings. The van der Waals surface area contributed by atoms with Crippen LogP contribution in [-0.4, -0.2) is 15.9 Å². The number of nitrogens with two attached hydrogens (primary N) is 1. The summed E-state index contributed by atoms with van der Waals surface area (Å²) in [6.45, 7) is 0. The number of benzene rings is 1. The number of thiophene rings is 1. The van der Waals surface area contributed by atoms with Gasteiger partial charge in [0.15, 0.2) is 0 Å². The Hall–Kier alpha value is -1.51. The van der Waals surface area contributed by atoms with Crippen LogP contribution in [0.2, 0.25) is 0 Å². The highest BCUT2D eigenvalue weighted by Crippen LogP contribution is 2.34. The van der Waals surface area contributed by atoms with Gasteiger partial charge in [-0.2, -0.15) is 0 Å². The molecular weight excluding hydrogens is 420 g/mol. The van der Waals surface area contributed by atoms with Crippen LogP contribution in [0.15, 0.2) is 39.5 Å². The monoisotopic (exact) mass is 426 g/mol. The third-order valence-electron chi connectivity index (χ3n) is 2.77. The average molecular weight is 428 g/mol. The second-order valence-corrected chi connectivity index (χ2v) is 6.81. The van der Waals surface area contributed by atoms with E-state index in [9.17, 15) is 4.79 Å². The first-order chi connectivity index (χ1) is 10.1. The standard InChI is InChI=1S/C13H8Br2N4OS/c14-6-2-1-3-7(15)9(6)19-12(20)11-8(16)10-13(21-11)18-5-4-17-10/h1-5H,16H2,(H,19,20). The molecule has 3 N–H and O–H groups in total. The Morgan fingerprint density at radius 3 is 2.52 bits per heavy atom. The van der Waals surface area contributed by atoms with Crippen molar-refractivity contribution in [2.75, 3.05) is 11.1 Å². The van der Waals surface area contributed by atoms with Crippen LogP contribution < -0.4 is 11.1 Å². The quantitative estimate of drug-likeness (QED) is 0.646. The van der Waals surface area contributed by atoms with Crippen LogP contribution in [0.4, 0.5) is 11.4 Å². The number of nitrogens with one attached hydrogen (secondary N) is 1. The van der Waals surface area contributed by atoms with Crippen molar-refractivity contribution >= 4 is 70.8 Å². The molecule has 1 amide bonds. The third kappa shape index (κ3) is 2.66. The minimum absolute atomic E-state index is 0.287. The normalized spacial score (nSPS) is 10.8. The van der Waals surface area contributed by atoms with Crippen molar-refractivity contribution in [2.45, 2.75) is 0 Å². The summed E-state index contributed by atoms with van der Waals surface area (Å²) in [6, 6.07) is 5.56. The highest BCUT2D eigenvalue weighted by molar-refractivity contribution is 9.11. The van der Waals surface area contributed by atoms with E-state index in [-0.39, 0.29) is 5.91 Å². The fourth-order valence-electron chi connectivity index (χ4n) is 1.80. The SMILES string of the molecule is Nc1c(C(=O)Nc2c(Br)cccc2Br)sc2nccnc12. The topological polar surface area (TPSA) is 80.9 Å². The lowest BCUT2D eigenvalue weighted by Crippen LogP contribution is -2.12. The second-order valence-electron chi connectivity index (χ2n) is 4.11. The summed E-state index contributed by atoms with van der Waals surface area (Å²) >= 11 is 8.03. The van der Waals surface area contributed by atoms with E-state index in [0.29, 0.717) is 26.6 Å². The Labute approximate surface area is 140 Å². The molecule has 0 fully saturated rings. The minimum Gasteiger partial charge on any atom is -0.396 e. The molecule has 3 aromatic rings. The number of hydrogen-bond donors (Lipinski definition) is 2. The van der Waals surface area contributed by atoms with Crippen molar-refractivity contribution in [2.24, 2.45) is 0 Å². The van der Waals surface area contributed by atoms with Gasteiger partial charge >= 0.3 is 0 Å². The van der Waals surface area contributed by atoms with Crippen molar-refractivity contribution in [1.29, 1.82) is 0 Å². The number of hydrogen-bond acceptors (Lipinski definition) is 5. The van der Waals surface area contributed by atoms with E-state index in [2.05, 4.69) is 47.1 Å². The fraction of sp³-hybridized carbons (Fsp3) is 0. The predicted molar refractivity (Wildman–Crippen MR) is 91.6 cm³/mol. The van der Waals surface area contributed by atoms with Crippen LogP contribution in [-0.2, 0) is 0 Å². The number of rotatable bonds is 2. The summed E-state index contributed by atoms with van der Waals surface area (Å²) in [4.78, 5) is 21.8. The molecule has 8 heteroatoms. The number of carbonyl (C=O) groups excluding carboxylic acids is 1. The van der Waals surface area contributed by atoms with Crippen molar-refractivity contribution in [3.8, 4) is 0 Å². The van der Waals surface area contributed by atoms with Gasteiger partial charge in [0.05, 0.1) is 11.4 Å². The third-order valence-corrected chi connectivity index (χ3v) is 5.19. The van der Waals surface area contributed by atoms with E-state index in [1.807, 2.05) is 18.2 Å². The summed E-state index contributed by atoms with van der Waals surface area (Å²) in [5.74, 6) is -0.287. The van der Waals surface area contributed by atoms with Gasteiger partial charge in [-0.05, 0) is 44.0 Å². The van der Waals surface area contributed by atoms with Crippen LogP contribution in [0, 0.1) is 0 Å². The summed E-state index contributed by atoms with van der Waals surface area (Å²) in [5, 5.41) is 2.84. The van der Waals surface area contributed by atoms with Crippen LogP contribution in [0.5, 0.6) is 0 Å². The minimum atomic E-state index is -0.287. The van der Waals surface area contributed by atoms with Gasteiger partial charge in [-0.1, -0.05) is 6.07 Å². The first kappa shape index (κ1) is 14.4. The molecule has 0 atom stereocenters. The van der Waals surface area contributed by atoms with Gasteiger partial charge in [0.25, 0.3) is 5.91 Å². The molecule has 0 spiro atoms. The Balaban J connectivity index is 2.00. The van der Waals surface area contributed by atoms with Crippen LogP contribution in [0.1, 0.15) is 9.67 Å². The molecule has 106 valence electrons. The summed E-state index contributed by atoms with van der Waals surface area (Å²) in [6.07, 6.45) is 3.13. The van der Waals surface area contributed by atoms with Crippen LogP contribution >= 0.6 is 43.2 Å². The number of anilines is 2. The summed E-state index contributed by atoms with van der Waals surface area (Å²) in [5.41, 5.74) is 7.55.